The second kappa shape index (κ2) is 10.7. The highest BCUT2D eigenvalue weighted by Gasteiger charge is 2.40. The lowest BCUT2D eigenvalue weighted by atomic mass is 10.00. The van der Waals surface area contributed by atoms with Gasteiger partial charge in [0.2, 0.25) is 16.0 Å². The molecule has 0 radical (unpaired) electrons. The Hall–Kier alpha value is -3.67. The van der Waals surface area contributed by atoms with E-state index >= 15 is 0 Å². The Labute approximate surface area is 229 Å². The number of nitrogens with one attached hydrogen (secondary N) is 1. The predicted molar refractivity (Wildman–Crippen MR) is 141 cm³/mol. The number of benzene rings is 1. The number of nitriles is 1. The summed E-state index contributed by atoms with van der Waals surface area (Å²) in [6.45, 7) is -1.19. The molecule has 0 amide bonds. The van der Waals surface area contributed by atoms with Crippen molar-refractivity contribution in [1.29, 1.82) is 5.26 Å². The Morgan fingerprint density at radius 2 is 1.98 bits per heavy atom. The molecule has 40 heavy (non-hydrogen) atoms. The van der Waals surface area contributed by atoms with Crippen molar-refractivity contribution < 1.29 is 27.0 Å². The zero-order valence-electron chi connectivity index (χ0n) is 21.6. The Balaban J connectivity index is 1.40. The number of hydrogen-bond acceptors (Lipinski definition) is 9. The van der Waals surface area contributed by atoms with Crippen LogP contribution in [0.4, 0.5) is 14.7 Å². The smallest absolute Gasteiger partial charge is 0.387 e. The Morgan fingerprint density at radius 1 is 1.25 bits per heavy atom. The van der Waals surface area contributed by atoms with Gasteiger partial charge in [0, 0.05) is 30.7 Å². The van der Waals surface area contributed by atoms with Crippen LogP contribution in [0, 0.1) is 11.3 Å². The van der Waals surface area contributed by atoms with Gasteiger partial charge in [0.15, 0.2) is 5.75 Å². The van der Waals surface area contributed by atoms with Crippen molar-refractivity contribution in [2.24, 2.45) is 0 Å². The molecular formula is C26H28F2N6O5S. The number of hydrogen-bond donors (Lipinski definition) is 2. The molecular weight excluding hydrogens is 546 g/mol. The molecule has 2 atom stereocenters. The maximum Gasteiger partial charge on any atom is 0.387 e. The van der Waals surface area contributed by atoms with Crippen molar-refractivity contribution in [3.8, 4) is 11.8 Å². The van der Waals surface area contributed by atoms with Crippen molar-refractivity contribution >= 4 is 27.0 Å². The number of nitrogens with zero attached hydrogens (tertiary/aromatic N) is 5. The normalized spacial score (nSPS) is 22.4. The topological polar surface area (TPSA) is 150 Å². The van der Waals surface area contributed by atoms with Gasteiger partial charge in [-0.25, -0.2) is 13.4 Å². The molecule has 2 aromatic heterocycles. The lowest BCUT2D eigenvalue weighted by Crippen LogP contribution is -2.42. The van der Waals surface area contributed by atoms with Crippen LogP contribution in [0.3, 0.4) is 0 Å². The van der Waals surface area contributed by atoms with Crippen molar-refractivity contribution in [3.05, 3.63) is 52.4 Å². The third-order valence-electron chi connectivity index (χ3n) is 7.56. The minimum atomic E-state index is -3.85. The van der Waals surface area contributed by atoms with Crippen molar-refractivity contribution in [2.45, 2.75) is 68.2 Å². The molecule has 11 nitrogen and oxygen atoms in total. The summed E-state index contributed by atoms with van der Waals surface area (Å²) < 4.78 is 59.3. The third kappa shape index (κ3) is 5.24. The lowest BCUT2D eigenvalue weighted by Gasteiger charge is -2.32. The summed E-state index contributed by atoms with van der Waals surface area (Å²) >= 11 is 0. The molecule has 0 unspecified atom stereocenters. The quantitative estimate of drug-likeness (QED) is 0.434. The minimum Gasteiger partial charge on any atom is -0.429 e. The summed E-state index contributed by atoms with van der Waals surface area (Å²) in [5.74, 6) is -0.377. The average Bonchev–Trinajstić information content (AvgIpc) is 3.27. The molecule has 2 fully saturated rings. The van der Waals surface area contributed by atoms with Gasteiger partial charge in [-0.2, -0.15) is 23.3 Å². The number of pyridine rings is 1. The predicted octanol–water partition coefficient (Wildman–Crippen LogP) is 3.01. The highest BCUT2D eigenvalue weighted by Crippen LogP contribution is 2.40. The number of piperidine rings is 1. The first-order valence-electron chi connectivity index (χ1n) is 12.9. The van der Waals surface area contributed by atoms with Crippen LogP contribution in [-0.4, -0.2) is 63.7 Å². The van der Waals surface area contributed by atoms with Crippen LogP contribution in [0.5, 0.6) is 5.75 Å². The van der Waals surface area contributed by atoms with Crippen LogP contribution in [0.2, 0.25) is 0 Å². The SMILES string of the molecule is C[C@@]1(O)CCC[C@H]1n1c(=O)c(OC(F)F)cc2cnc(NC3CCN(S(=O)(=O)c4ccccc4C#N)CC3)nc21. The van der Waals surface area contributed by atoms with E-state index in [1.165, 1.54) is 27.2 Å². The van der Waals surface area contributed by atoms with Gasteiger partial charge in [-0.15, -0.1) is 0 Å². The number of anilines is 1. The van der Waals surface area contributed by atoms with Crippen molar-refractivity contribution in [1.82, 2.24) is 18.8 Å². The number of aromatic nitrogens is 3. The Bertz CT molecular complexity index is 1630. The number of halogens is 2. The standard InChI is InChI=1S/C26H28F2N6O5S/c1-26(36)10-4-7-21(26)34-22-17(13-19(23(34)35)39-24(27)28)15-30-25(32-22)31-18-8-11-33(12-9-18)40(37,38)20-6-3-2-5-16(20)14-29/h2-3,5-6,13,15,18,21,24,36H,4,7-12H2,1H3,(H,30,31,32)/t21-,26-/m1/s1. The van der Waals surface area contributed by atoms with Crippen LogP contribution in [0.15, 0.2) is 46.2 Å². The van der Waals surface area contributed by atoms with Crippen LogP contribution in [-0.2, 0) is 10.0 Å². The molecule has 14 heteroatoms. The summed E-state index contributed by atoms with van der Waals surface area (Å²) in [6, 6.07) is 8.26. The molecule has 2 aliphatic rings. The maximum absolute atomic E-state index is 13.2. The second-order valence-electron chi connectivity index (χ2n) is 10.2. The highest BCUT2D eigenvalue weighted by atomic mass is 32.2. The zero-order valence-corrected chi connectivity index (χ0v) is 22.4. The monoisotopic (exact) mass is 574 g/mol. The number of alkyl halides is 2. The van der Waals surface area contributed by atoms with Gasteiger partial charge in [-0.05, 0) is 57.2 Å². The molecule has 3 heterocycles. The van der Waals surface area contributed by atoms with E-state index in [0.29, 0.717) is 37.5 Å². The van der Waals surface area contributed by atoms with Crippen LogP contribution < -0.4 is 15.6 Å². The van der Waals surface area contributed by atoms with Gasteiger partial charge >= 0.3 is 6.61 Å². The van der Waals surface area contributed by atoms with E-state index in [4.69, 9.17) is 0 Å². The van der Waals surface area contributed by atoms with E-state index < -0.39 is 39.6 Å². The van der Waals surface area contributed by atoms with Gasteiger partial charge in [0.05, 0.1) is 22.1 Å². The minimum absolute atomic E-state index is 0.0299. The summed E-state index contributed by atoms with van der Waals surface area (Å²) in [5, 5.41) is 23.7. The fourth-order valence-electron chi connectivity index (χ4n) is 5.52. The fraction of sp³-hybridized carbons (Fsp3) is 0.462. The Morgan fingerprint density at radius 3 is 2.62 bits per heavy atom. The molecule has 1 saturated carbocycles. The molecule has 212 valence electrons. The van der Waals surface area contributed by atoms with Crippen LogP contribution in [0.1, 0.15) is 50.6 Å². The Kier molecular flexibility index (Phi) is 7.47. The molecule has 1 saturated heterocycles. The van der Waals surface area contributed by atoms with E-state index in [1.807, 2.05) is 6.07 Å². The first kappa shape index (κ1) is 27.9. The molecule has 3 aromatic rings. The number of fused-ring (bicyclic) bond motifs is 1. The van der Waals surface area contributed by atoms with Gasteiger partial charge < -0.3 is 15.2 Å². The highest BCUT2D eigenvalue weighted by molar-refractivity contribution is 7.89. The number of rotatable bonds is 7. The van der Waals surface area contributed by atoms with Crippen LogP contribution >= 0.6 is 0 Å². The number of sulfonamides is 1. The second-order valence-corrected chi connectivity index (χ2v) is 12.1. The first-order chi connectivity index (χ1) is 19.0. The molecule has 1 aliphatic carbocycles. The van der Waals surface area contributed by atoms with Gasteiger partial charge in [0.25, 0.3) is 5.56 Å². The summed E-state index contributed by atoms with van der Waals surface area (Å²) in [5.41, 5.74) is -1.81. The lowest BCUT2D eigenvalue weighted by molar-refractivity contribution is -0.0513. The molecule has 1 aromatic carbocycles. The van der Waals surface area contributed by atoms with Crippen molar-refractivity contribution in [3.63, 3.8) is 0 Å². The molecule has 5 rings (SSSR count). The number of ether oxygens (including phenoxy) is 1. The van der Waals surface area contributed by atoms with Crippen LogP contribution in [0.25, 0.3) is 11.0 Å². The van der Waals surface area contributed by atoms with E-state index in [9.17, 15) is 32.4 Å². The molecule has 1 aliphatic heterocycles. The van der Waals surface area contributed by atoms with E-state index in [1.54, 1.807) is 19.1 Å². The maximum atomic E-state index is 13.2. The van der Waals surface area contributed by atoms with E-state index in [2.05, 4.69) is 20.0 Å². The van der Waals surface area contributed by atoms with E-state index in [-0.39, 0.29) is 41.2 Å². The molecule has 0 spiro atoms. The van der Waals surface area contributed by atoms with Gasteiger partial charge in [0.1, 0.15) is 11.7 Å². The van der Waals surface area contributed by atoms with Gasteiger partial charge in [-0.1, -0.05) is 12.1 Å². The summed E-state index contributed by atoms with van der Waals surface area (Å²) in [7, 11) is -3.85. The number of aliphatic hydroxyl groups is 1. The first-order valence-corrected chi connectivity index (χ1v) is 14.3. The molecule has 0 bridgehead atoms. The summed E-state index contributed by atoms with van der Waals surface area (Å²) in [4.78, 5) is 22.0. The van der Waals surface area contributed by atoms with E-state index in [0.717, 1.165) is 6.07 Å². The largest absolute Gasteiger partial charge is 0.429 e. The van der Waals surface area contributed by atoms with Gasteiger partial charge in [-0.3, -0.25) is 9.36 Å². The summed E-state index contributed by atoms with van der Waals surface area (Å²) in [6.07, 6.45) is 3.78. The fourth-order valence-corrected chi connectivity index (χ4v) is 7.13. The van der Waals surface area contributed by atoms with Crippen molar-refractivity contribution in [2.75, 3.05) is 18.4 Å². The zero-order chi connectivity index (χ0) is 28.7. The third-order valence-corrected chi connectivity index (χ3v) is 9.52. The average molecular weight is 575 g/mol. The molecule has 2 N–H and O–H groups in total.